The summed E-state index contributed by atoms with van der Waals surface area (Å²) in [6, 6.07) is 18.4. The highest BCUT2D eigenvalue weighted by atomic mass is 19.1. The van der Waals surface area contributed by atoms with E-state index in [1.807, 2.05) is 24.3 Å². The van der Waals surface area contributed by atoms with E-state index in [1.54, 1.807) is 36.4 Å². The number of amides is 1. The van der Waals surface area contributed by atoms with E-state index in [2.05, 4.69) is 10.1 Å². The van der Waals surface area contributed by atoms with Crippen molar-refractivity contribution in [2.45, 2.75) is 24.8 Å². The topological polar surface area (TPSA) is 90.7 Å². The van der Waals surface area contributed by atoms with Crippen LogP contribution in [0.5, 0.6) is 11.5 Å². The minimum atomic E-state index is -0.745. The highest BCUT2D eigenvalue weighted by Gasteiger charge is 2.30. The van der Waals surface area contributed by atoms with Gasteiger partial charge < -0.3 is 20.5 Å². The Morgan fingerprint density at radius 3 is 2.53 bits per heavy atom. The monoisotopic (exact) mass is 434 g/mol. The molecule has 3 aromatic rings. The first-order valence-corrected chi connectivity index (χ1v) is 10.2. The zero-order valence-corrected chi connectivity index (χ0v) is 17.5. The molecule has 7 heteroatoms. The lowest BCUT2D eigenvalue weighted by Gasteiger charge is -2.12. The lowest BCUT2D eigenvalue weighted by molar-refractivity contribution is -0.142. The van der Waals surface area contributed by atoms with Crippen LogP contribution in [-0.2, 0) is 27.2 Å². The molecule has 1 aliphatic rings. The number of nitrogens with one attached hydrogen (secondary N) is 1. The van der Waals surface area contributed by atoms with Crippen LogP contribution in [0.25, 0.3) is 0 Å². The highest BCUT2D eigenvalue weighted by Crippen LogP contribution is 2.35. The predicted molar refractivity (Wildman–Crippen MR) is 118 cm³/mol. The van der Waals surface area contributed by atoms with Crippen molar-refractivity contribution in [3.8, 4) is 11.5 Å². The van der Waals surface area contributed by atoms with Gasteiger partial charge in [0.05, 0.1) is 13.0 Å². The second kappa shape index (κ2) is 9.20. The van der Waals surface area contributed by atoms with E-state index in [9.17, 15) is 14.0 Å². The second-order valence-electron chi connectivity index (χ2n) is 7.68. The number of para-hydroxylation sites is 1. The van der Waals surface area contributed by atoms with E-state index in [-0.39, 0.29) is 17.6 Å². The molecule has 3 N–H and O–H groups in total. The van der Waals surface area contributed by atoms with Crippen molar-refractivity contribution in [1.29, 1.82) is 0 Å². The van der Waals surface area contributed by atoms with Crippen LogP contribution in [0.1, 0.15) is 22.6 Å². The molecule has 0 bridgehead atoms. The second-order valence-corrected chi connectivity index (χ2v) is 7.68. The fourth-order valence-electron chi connectivity index (χ4n) is 3.78. The van der Waals surface area contributed by atoms with E-state index in [0.717, 1.165) is 16.8 Å². The molecular formula is C25H23FN2O4. The summed E-state index contributed by atoms with van der Waals surface area (Å²) in [7, 11) is 1.29. The minimum Gasteiger partial charge on any atom is -0.468 e. The van der Waals surface area contributed by atoms with Gasteiger partial charge in [-0.2, -0.15) is 0 Å². The molecule has 1 heterocycles. The van der Waals surface area contributed by atoms with Crippen molar-refractivity contribution in [3.63, 3.8) is 0 Å². The largest absolute Gasteiger partial charge is 0.468 e. The Bertz CT molecular complexity index is 1150. The number of esters is 1. The quantitative estimate of drug-likeness (QED) is 0.550. The van der Waals surface area contributed by atoms with Gasteiger partial charge in [-0.05, 0) is 59.9 Å². The highest BCUT2D eigenvalue weighted by molar-refractivity contribution is 6.03. The fraction of sp³-hybridized carbons (Fsp3) is 0.200. The first-order valence-electron chi connectivity index (χ1n) is 10.2. The third-order valence-electron chi connectivity index (χ3n) is 5.46. The van der Waals surface area contributed by atoms with Gasteiger partial charge in [-0.25, -0.2) is 4.39 Å². The molecule has 1 unspecified atom stereocenters. The number of benzene rings is 3. The SMILES string of the molecule is COC(=O)[C@H](N)Cc1ccc(Oc2ccc(CC3C(=O)Nc4ccccc43)cc2F)cc1. The van der Waals surface area contributed by atoms with E-state index >= 15 is 0 Å². The van der Waals surface area contributed by atoms with E-state index < -0.39 is 17.8 Å². The lowest BCUT2D eigenvalue weighted by atomic mass is 9.93. The number of carbonyl (C=O) groups excluding carboxylic acids is 2. The van der Waals surface area contributed by atoms with Gasteiger partial charge >= 0.3 is 5.97 Å². The van der Waals surface area contributed by atoms with Crippen LogP contribution in [-0.4, -0.2) is 25.0 Å². The summed E-state index contributed by atoms with van der Waals surface area (Å²) >= 11 is 0. The zero-order chi connectivity index (χ0) is 22.7. The van der Waals surface area contributed by atoms with Crippen molar-refractivity contribution in [2.75, 3.05) is 12.4 Å². The first-order chi connectivity index (χ1) is 15.4. The molecule has 6 nitrogen and oxygen atoms in total. The van der Waals surface area contributed by atoms with Gasteiger partial charge in [-0.3, -0.25) is 9.59 Å². The van der Waals surface area contributed by atoms with Crippen LogP contribution in [0.3, 0.4) is 0 Å². The number of rotatable bonds is 7. The minimum absolute atomic E-state index is 0.0843. The number of anilines is 1. The maximum Gasteiger partial charge on any atom is 0.322 e. The van der Waals surface area contributed by atoms with Crippen LogP contribution in [0.15, 0.2) is 66.7 Å². The van der Waals surface area contributed by atoms with Gasteiger partial charge in [-0.1, -0.05) is 36.4 Å². The first kappa shape index (κ1) is 21.5. The van der Waals surface area contributed by atoms with Gasteiger partial charge in [-0.15, -0.1) is 0 Å². The molecule has 3 aromatic carbocycles. The lowest BCUT2D eigenvalue weighted by Crippen LogP contribution is -2.33. The Balaban J connectivity index is 1.42. The molecule has 1 amide bonds. The van der Waals surface area contributed by atoms with Crippen LogP contribution in [0.4, 0.5) is 10.1 Å². The number of methoxy groups -OCH3 is 1. The van der Waals surface area contributed by atoms with Crippen molar-refractivity contribution in [2.24, 2.45) is 5.73 Å². The molecule has 0 saturated heterocycles. The number of ether oxygens (including phenoxy) is 2. The standard InChI is InChI=1S/C25H23FN2O4/c1-31-25(30)21(27)14-15-6-9-17(10-7-15)32-23-11-8-16(13-20(23)26)12-19-18-4-2-3-5-22(18)28-24(19)29/h2-11,13,19,21H,12,14,27H2,1H3,(H,28,29)/t19?,21-/m1/s1. The van der Waals surface area contributed by atoms with Crippen LogP contribution in [0, 0.1) is 5.82 Å². The number of halogens is 1. The predicted octanol–water partition coefficient (Wildman–Crippen LogP) is 3.94. The Morgan fingerprint density at radius 1 is 1.09 bits per heavy atom. The molecule has 1 aliphatic heterocycles. The van der Waals surface area contributed by atoms with Gasteiger partial charge in [0.1, 0.15) is 11.8 Å². The number of nitrogens with two attached hydrogens (primary N) is 1. The molecule has 2 atom stereocenters. The Hall–Kier alpha value is -3.71. The maximum atomic E-state index is 14.7. The maximum absolute atomic E-state index is 14.7. The number of fused-ring (bicyclic) bond motifs is 1. The summed E-state index contributed by atoms with van der Waals surface area (Å²) in [6.07, 6.45) is 0.725. The molecule has 0 radical (unpaired) electrons. The molecule has 0 aromatic heterocycles. The van der Waals surface area contributed by atoms with Crippen LogP contribution in [0.2, 0.25) is 0 Å². The van der Waals surface area contributed by atoms with Crippen molar-refractivity contribution < 1.29 is 23.5 Å². The average Bonchev–Trinajstić information content (AvgIpc) is 3.11. The summed E-state index contributed by atoms with van der Waals surface area (Å²) in [4.78, 5) is 23.8. The van der Waals surface area contributed by atoms with Crippen molar-refractivity contribution >= 4 is 17.6 Å². The Morgan fingerprint density at radius 2 is 1.81 bits per heavy atom. The molecule has 0 aliphatic carbocycles. The zero-order valence-electron chi connectivity index (χ0n) is 17.5. The van der Waals surface area contributed by atoms with E-state index in [1.165, 1.54) is 13.2 Å². The van der Waals surface area contributed by atoms with Gasteiger partial charge in [0.15, 0.2) is 11.6 Å². The normalized spacial score (nSPS) is 15.6. The summed E-state index contributed by atoms with van der Waals surface area (Å²) < 4.78 is 25.0. The third kappa shape index (κ3) is 4.63. The third-order valence-corrected chi connectivity index (χ3v) is 5.46. The molecule has 0 spiro atoms. The van der Waals surface area contributed by atoms with Crippen molar-refractivity contribution in [1.82, 2.24) is 0 Å². The molecule has 0 saturated carbocycles. The Kier molecular flexibility index (Phi) is 6.18. The molecule has 4 rings (SSSR count). The summed E-state index contributed by atoms with van der Waals surface area (Å²) in [5.74, 6) is -0.877. The smallest absolute Gasteiger partial charge is 0.322 e. The summed E-state index contributed by atoms with van der Waals surface area (Å²) in [5.41, 5.74) is 9.04. The molecule has 32 heavy (non-hydrogen) atoms. The Labute approximate surface area is 185 Å². The number of carbonyl (C=O) groups is 2. The van der Waals surface area contributed by atoms with Gasteiger partial charge in [0.2, 0.25) is 5.91 Å². The van der Waals surface area contributed by atoms with E-state index in [0.29, 0.717) is 24.2 Å². The molecule has 164 valence electrons. The summed E-state index contributed by atoms with van der Waals surface area (Å²) in [6.45, 7) is 0. The average molecular weight is 434 g/mol. The molecular weight excluding hydrogens is 411 g/mol. The summed E-state index contributed by atoms with van der Waals surface area (Å²) in [5, 5.41) is 2.86. The van der Waals surface area contributed by atoms with Crippen LogP contribution >= 0.6 is 0 Å². The fourth-order valence-corrected chi connectivity index (χ4v) is 3.78. The van der Waals surface area contributed by atoms with Crippen LogP contribution < -0.4 is 15.8 Å². The number of hydrogen-bond acceptors (Lipinski definition) is 5. The van der Waals surface area contributed by atoms with Gasteiger partial charge in [0.25, 0.3) is 0 Å². The molecule has 0 fully saturated rings. The van der Waals surface area contributed by atoms with E-state index in [4.69, 9.17) is 10.5 Å². The van der Waals surface area contributed by atoms with Gasteiger partial charge in [0, 0.05) is 5.69 Å². The van der Waals surface area contributed by atoms with Crippen molar-refractivity contribution in [3.05, 3.63) is 89.2 Å². The number of hydrogen-bond donors (Lipinski definition) is 2.